The second-order valence-corrected chi connectivity index (χ2v) is 8.86. The topological polar surface area (TPSA) is 72.5 Å². The minimum atomic E-state index is -2.96. The minimum Gasteiger partial charge on any atom is -0.408 e. The van der Waals surface area contributed by atoms with Crippen LogP contribution in [0.15, 0.2) is 33.5 Å². The van der Waals surface area contributed by atoms with E-state index in [9.17, 15) is 13.2 Å². The number of sulfone groups is 1. The summed E-state index contributed by atoms with van der Waals surface area (Å²) in [6.07, 6.45) is 0.625. The molecule has 3 rings (SSSR count). The summed E-state index contributed by atoms with van der Waals surface area (Å²) in [5.41, 5.74) is 1.30. The van der Waals surface area contributed by atoms with Crippen molar-refractivity contribution in [1.82, 2.24) is 9.47 Å². The average molecular weight is 338 g/mol. The highest BCUT2D eigenvalue weighted by atomic mass is 32.2. The Kier molecular flexibility index (Phi) is 4.33. The molecule has 7 heteroatoms. The van der Waals surface area contributed by atoms with Crippen LogP contribution < -0.4 is 5.76 Å². The molecular weight excluding hydrogens is 316 g/mol. The predicted molar refractivity (Wildman–Crippen MR) is 89.1 cm³/mol. The normalized spacial score (nSPS) is 20.8. The smallest absolute Gasteiger partial charge is 0.408 e. The van der Waals surface area contributed by atoms with Gasteiger partial charge in [0.2, 0.25) is 0 Å². The molecule has 0 aliphatic carbocycles. The zero-order chi connectivity index (χ0) is 16.6. The number of oxazole rings is 1. The van der Waals surface area contributed by atoms with Crippen molar-refractivity contribution < 1.29 is 12.8 Å². The molecule has 1 atom stereocenters. The van der Waals surface area contributed by atoms with Crippen LogP contribution in [-0.4, -0.2) is 42.0 Å². The molecule has 2 aromatic rings. The lowest BCUT2D eigenvalue weighted by Crippen LogP contribution is -2.41. The highest BCUT2D eigenvalue weighted by Gasteiger charge is 2.33. The van der Waals surface area contributed by atoms with Crippen molar-refractivity contribution in [3.8, 4) is 0 Å². The molecule has 6 nitrogen and oxygen atoms in total. The van der Waals surface area contributed by atoms with E-state index in [0.717, 1.165) is 12.1 Å². The maximum Gasteiger partial charge on any atom is 0.421 e. The molecule has 1 unspecified atom stereocenters. The van der Waals surface area contributed by atoms with Crippen molar-refractivity contribution in [2.45, 2.75) is 33.0 Å². The molecule has 1 saturated heterocycles. The second-order valence-electron chi connectivity index (χ2n) is 6.63. The molecule has 2 heterocycles. The van der Waals surface area contributed by atoms with Crippen LogP contribution in [0.5, 0.6) is 0 Å². The Morgan fingerprint density at radius 1 is 1.35 bits per heavy atom. The van der Waals surface area contributed by atoms with Crippen LogP contribution >= 0.6 is 0 Å². The van der Waals surface area contributed by atoms with Gasteiger partial charge in [0, 0.05) is 12.6 Å². The minimum absolute atomic E-state index is 0.0389. The molecule has 1 aliphatic heterocycles. The molecule has 0 bridgehead atoms. The van der Waals surface area contributed by atoms with Gasteiger partial charge in [0.1, 0.15) is 0 Å². The molecule has 1 aliphatic rings. The van der Waals surface area contributed by atoms with Crippen molar-refractivity contribution in [1.29, 1.82) is 0 Å². The Morgan fingerprint density at radius 2 is 2.09 bits per heavy atom. The monoisotopic (exact) mass is 338 g/mol. The standard InChI is InChI=1S/C16H22N2O4S/c1-12(2)9-17(13-7-8-23(20,21)10-13)11-18-14-5-3-4-6-15(14)22-16(18)19/h3-6,12-13H,7-11H2,1-2H3. The number of para-hydroxylation sites is 2. The van der Waals surface area contributed by atoms with Crippen LogP contribution in [0.1, 0.15) is 20.3 Å². The zero-order valence-corrected chi connectivity index (χ0v) is 14.3. The Bertz CT molecular complexity index is 850. The predicted octanol–water partition coefficient (Wildman–Crippen LogP) is 1.70. The fourth-order valence-corrected chi connectivity index (χ4v) is 4.95. The van der Waals surface area contributed by atoms with Gasteiger partial charge in [-0.2, -0.15) is 0 Å². The van der Waals surface area contributed by atoms with E-state index >= 15 is 0 Å². The van der Waals surface area contributed by atoms with Gasteiger partial charge in [0.15, 0.2) is 15.4 Å². The lowest BCUT2D eigenvalue weighted by atomic mass is 10.1. The molecule has 0 N–H and O–H groups in total. The third-order valence-corrected chi connectivity index (χ3v) is 5.97. The summed E-state index contributed by atoms with van der Waals surface area (Å²) in [7, 11) is -2.96. The van der Waals surface area contributed by atoms with Gasteiger partial charge in [0.25, 0.3) is 0 Å². The molecule has 1 aromatic carbocycles. The first-order chi connectivity index (χ1) is 10.9. The van der Waals surface area contributed by atoms with Crippen molar-refractivity contribution in [3.63, 3.8) is 0 Å². The van der Waals surface area contributed by atoms with E-state index in [2.05, 4.69) is 18.7 Å². The van der Waals surface area contributed by atoms with E-state index in [1.54, 1.807) is 10.6 Å². The highest BCUT2D eigenvalue weighted by Crippen LogP contribution is 2.21. The van der Waals surface area contributed by atoms with Crippen molar-refractivity contribution in [2.75, 3.05) is 18.1 Å². The zero-order valence-electron chi connectivity index (χ0n) is 13.4. The summed E-state index contributed by atoms with van der Waals surface area (Å²) in [6.45, 7) is 5.28. The van der Waals surface area contributed by atoms with E-state index < -0.39 is 15.6 Å². The fourth-order valence-electron chi connectivity index (χ4n) is 3.18. The molecule has 0 radical (unpaired) electrons. The molecule has 23 heavy (non-hydrogen) atoms. The van der Waals surface area contributed by atoms with Gasteiger partial charge in [-0.3, -0.25) is 9.47 Å². The van der Waals surface area contributed by atoms with Crippen molar-refractivity contribution in [3.05, 3.63) is 34.8 Å². The molecule has 126 valence electrons. The quantitative estimate of drug-likeness (QED) is 0.830. The van der Waals surface area contributed by atoms with Crippen LogP contribution in [0.3, 0.4) is 0 Å². The number of hydrogen-bond donors (Lipinski definition) is 0. The fraction of sp³-hybridized carbons (Fsp3) is 0.562. The Morgan fingerprint density at radius 3 is 2.74 bits per heavy atom. The molecule has 0 saturated carbocycles. The van der Waals surface area contributed by atoms with Crippen LogP contribution in [0, 0.1) is 5.92 Å². The first kappa shape index (κ1) is 16.3. The Balaban J connectivity index is 1.91. The third-order valence-electron chi connectivity index (χ3n) is 4.22. The summed E-state index contributed by atoms with van der Waals surface area (Å²) >= 11 is 0. The van der Waals surface area contributed by atoms with Crippen LogP contribution in [0.4, 0.5) is 0 Å². The Labute approximate surface area is 135 Å². The number of nitrogens with zero attached hydrogens (tertiary/aromatic N) is 2. The van der Waals surface area contributed by atoms with Crippen molar-refractivity contribution in [2.24, 2.45) is 5.92 Å². The van der Waals surface area contributed by atoms with Gasteiger partial charge in [-0.05, 0) is 24.5 Å². The summed E-state index contributed by atoms with van der Waals surface area (Å²) in [6, 6.07) is 7.26. The SMILES string of the molecule is CC(C)CN(Cn1c(=O)oc2ccccc21)C1CCS(=O)(=O)C1. The van der Waals surface area contributed by atoms with E-state index in [1.165, 1.54) is 0 Å². The maximum absolute atomic E-state index is 12.2. The first-order valence-corrected chi connectivity index (χ1v) is 9.71. The average Bonchev–Trinajstić information content (AvgIpc) is 2.98. The van der Waals surface area contributed by atoms with Gasteiger partial charge in [-0.1, -0.05) is 26.0 Å². The van der Waals surface area contributed by atoms with E-state index in [-0.39, 0.29) is 17.5 Å². The van der Waals surface area contributed by atoms with Crippen LogP contribution in [0.25, 0.3) is 11.1 Å². The summed E-state index contributed by atoms with van der Waals surface area (Å²) in [5, 5.41) is 0. The second kappa shape index (κ2) is 6.13. The lowest BCUT2D eigenvalue weighted by molar-refractivity contribution is 0.143. The van der Waals surface area contributed by atoms with Crippen molar-refractivity contribution >= 4 is 20.9 Å². The number of rotatable bonds is 5. The van der Waals surface area contributed by atoms with Gasteiger partial charge >= 0.3 is 5.76 Å². The number of aromatic nitrogens is 1. The van der Waals surface area contributed by atoms with Crippen LogP contribution in [0.2, 0.25) is 0 Å². The van der Waals surface area contributed by atoms with Gasteiger partial charge in [-0.15, -0.1) is 0 Å². The van der Waals surface area contributed by atoms with E-state index in [0.29, 0.717) is 24.6 Å². The van der Waals surface area contributed by atoms with Gasteiger partial charge in [-0.25, -0.2) is 13.2 Å². The number of fused-ring (bicyclic) bond motifs is 1. The lowest BCUT2D eigenvalue weighted by Gasteiger charge is -2.29. The van der Waals surface area contributed by atoms with E-state index in [4.69, 9.17) is 4.42 Å². The Hall–Kier alpha value is -1.60. The highest BCUT2D eigenvalue weighted by molar-refractivity contribution is 7.91. The number of benzene rings is 1. The molecule has 1 aromatic heterocycles. The van der Waals surface area contributed by atoms with Gasteiger partial charge < -0.3 is 4.42 Å². The molecule has 0 amide bonds. The first-order valence-electron chi connectivity index (χ1n) is 7.88. The maximum atomic E-state index is 12.2. The molecule has 1 fully saturated rings. The summed E-state index contributed by atoms with van der Waals surface area (Å²) in [4.78, 5) is 14.2. The van der Waals surface area contributed by atoms with Crippen LogP contribution in [-0.2, 0) is 16.5 Å². The largest absolute Gasteiger partial charge is 0.421 e. The molecular formula is C16H22N2O4S. The van der Waals surface area contributed by atoms with E-state index in [1.807, 2.05) is 18.2 Å². The van der Waals surface area contributed by atoms with Gasteiger partial charge in [0.05, 0.1) is 23.7 Å². The number of hydrogen-bond acceptors (Lipinski definition) is 5. The third kappa shape index (κ3) is 3.50. The summed E-state index contributed by atoms with van der Waals surface area (Å²) in [5.74, 6) is 0.380. The molecule has 0 spiro atoms. The summed E-state index contributed by atoms with van der Waals surface area (Å²) < 4.78 is 30.5.